The summed E-state index contributed by atoms with van der Waals surface area (Å²) in [6.07, 6.45) is 5.06. The first-order chi connectivity index (χ1) is 9.24. The molecular weight excluding hydrogens is 242 g/mol. The van der Waals surface area contributed by atoms with Crippen molar-refractivity contribution in [1.29, 1.82) is 0 Å². The molecule has 0 amide bonds. The van der Waals surface area contributed by atoms with E-state index < -0.39 is 0 Å². The first kappa shape index (κ1) is 14.0. The number of anilines is 1. The number of hydrogen-bond donors (Lipinski definition) is 2. The summed E-state index contributed by atoms with van der Waals surface area (Å²) in [4.78, 5) is 0. The maximum Gasteiger partial charge on any atom is 0.145 e. The predicted molar refractivity (Wildman–Crippen MR) is 76.0 cm³/mol. The van der Waals surface area contributed by atoms with Crippen LogP contribution >= 0.6 is 0 Å². The molecule has 1 fully saturated rings. The third-order valence-electron chi connectivity index (χ3n) is 3.73. The number of aliphatic hydroxyl groups is 1. The standard InChI is InChI=1S/C15H23NO3/c1-18-11-8-9-13(15(10-11)19-2)16-12-6-4-3-5-7-14(12)17/h8-10,12,14,16-17H,3-7H2,1-2H3. The summed E-state index contributed by atoms with van der Waals surface area (Å²) >= 11 is 0. The van der Waals surface area contributed by atoms with E-state index in [1.165, 1.54) is 6.42 Å². The molecule has 0 bridgehead atoms. The van der Waals surface area contributed by atoms with Crippen LogP contribution in [0.4, 0.5) is 5.69 Å². The Balaban J connectivity index is 2.12. The highest BCUT2D eigenvalue weighted by Gasteiger charge is 2.22. The minimum atomic E-state index is -0.283. The summed E-state index contributed by atoms with van der Waals surface area (Å²) in [5, 5.41) is 13.6. The zero-order valence-corrected chi connectivity index (χ0v) is 11.7. The number of aliphatic hydroxyl groups excluding tert-OH is 1. The third-order valence-corrected chi connectivity index (χ3v) is 3.73. The molecule has 2 unspecified atom stereocenters. The normalized spacial score (nSPS) is 23.5. The van der Waals surface area contributed by atoms with Gasteiger partial charge in [0, 0.05) is 6.07 Å². The van der Waals surface area contributed by atoms with E-state index in [0.29, 0.717) is 0 Å². The van der Waals surface area contributed by atoms with Crippen molar-refractivity contribution in [2.24, 2.45) is 0 Å². The van der Waals surface area contributed by atoms with Crippen LogP contribution in [0.3, 0.4) is 0 Å². The van der Waals surface area contributed by atoms with E-state index in [0.717, 1.165) is 42.9 Å². The molecule has 4 nitrogen and oxygen atoms in total. The minimum Gasteiger partial charge on any atom is -0.497 e. The first-order valence-electron chi connectivity index (χ1n) is 6.91. The lowest BCUT2D eigenvalue weighted by Gasteiger charge is -2.24. The second kappa shape index (κ2) is 6.66. The van der Waals surface area contributed by atoms with Crippen LogP contribution in [0.1, 0.15) is 32.1 Å². The fourth-order valence-corrected chi connectivity index (χ4v) is 2.57. The van der Waals surface area contributed by atoms with Gasteiger partial charge >= 0.3 is 0 Å². The highest BCUT2D eigenvalue weighted by Crippen LogP contribution is 2.31. The van der Waals surface area contributed by atoms with Gasteiger partial charge in [-0.1, -0.05) is 19.3 Å². The van der Waals surface area contributed by atoms with E-state index in [9.17, 15) is 5.11 Å². The number of hydrogen-bond acceptors (Lipinski definition) is 4. The Morgan fingerprint density at radius 1 is 1.11 bits per heavy atom. The van der Waals surface area contributed by atoms with E-state index in [4.69, 9.17) is 9.47 Å². The molecule has 1 aliphatic rings. The molecule has 4 heteroatoms. The Bertz CT molecular complexity index is 408. The number of ether oxygens (including phenoxy) is 2. The van der Waals surface area contributed by atoms with Crippen LogP contribution < -0.4 is 14.8 Å². The number of nitrogens with one attached hydrogen (secondary N) is 1. The molecule has 106 valence electrons. The van der Waals surface area contributed by atoms with Gasteiger partial charge in [0.05, 0.1) is 32.1 Å². The van der Waals surface area contributed by atoms with Gasteiger partial charge in [0.15, 0.2) is 0 Å². The molecule has 1 aromatic rings. The van der Waals surface area contributed by atoms with Crippen LogP contribution in [-0.2, 0) is 0 Å². The zero-order valence-electron chi connectivity index (χ0n) is 11.7. The molecule has 2 rings (SSSR count). The van der Waals surface area contributed by atoms with Gasteiger partial charge in [0.25, 0.3) is 0 Å². The van der Waals surface area contributed by atoms with Crippen molar-refractivity contribution in [3.05, 3.63) is 18.2 Å². The van der Waals surface area contributed by atoms with Gasteiger partial charge in [-0.15, -0.1) is 0 Å². The highest BCUT2D eigenvalue weighted by molar-refractivity contribution is 5.59. The molecule has 0 radical (unpaired) electrons. The molecule has 0 aromatic heterocycles. The lowest BCUT2D eigenvalue weighted by Crippen LogP contribution is -2.32. The second-order valence-corrected chi connectivity index (χ2v) is 5.02. The van der Waals surface area contributed by atoms with Crippen molar-refractivity contribution in [1.82, 2.24) is 0 Å². The quantitative estimate of drug-likeness (QED) is 0.822. The van der Waals surface area contributed by atoms with Gasteiger partial charge in [-0.3, -0.25) is 0 Å². The van der Waals surface area contributed by atoms with Crippen molar-refractivity contribution in [2.75, 3.05) is 19.5 Å². The molecular formula is C15H23NO3. The summed E-state index contributed by atoms with van der Waals surface area (Å²) in [6.45, 7) is 0. The van der Waals surface area contributed by atoms with E-state index in [-0.39, 0.29) is 12.1 Å². The number of benzene rings is 1. The summed E-state index contributed by atoms with van der Waals surface area (Å²) in [6, 6.07) is 5.79. The summed E-state index contributed by atoms with van der Waals surface area (Å²) < 4.78 is 10.6. The molecule has 0 spiro atoms. The largest absolute Gasteiger partial charge is 0.497 e. The Labute approximate surface area is 114 Å². The predicted octanol–water partition coefficient (Wildman–Crippen LogP) is 2.81. The Hall–Kier alpha value is -1.42. The van der Waals surface area contributed by atoms with Gasteiger partial charge < -0.3 is 19.9 Å². The van der Waals surface area contributed by atoms with E-state index in [1.807, 2.05) is 18.2 Å². The van der Waals surface area contributed by atoms with Crippen molar-refractivity contribution in [3.63, 3.8) is 0 Å². The third kappa shape index (κ3) is 3.53. The van der Waals surface area contributed by atoms with Gasteiger partial charge in [0.1, 0.15) is 11.5 Å². The topological polar surface area (TPSA) is 50.7 Å². The molecule has 0 heterocycles. The molecule has 1 aliphatic carbocycles. The van der Waals surface area contributed by atoms with Crippen LogP contribution in [0.2, 0.25) is 0 Å². The van der Waals surface area contributed by atoms with E-state index in [2.05, 4.69) is 5.32 Å². The van der Waals surface area contributed by atoms with Gasteiger partial charge in [-0.2, -0.15) is 0 Å². The van der Waals surface area contributed by atoms with Crippen LogP contribution in [0, 0.1) is 0 Å². The average Bonchev–Trinajstić information content (AvgIpc) is 2.64. The van der Waals surface area contributed by atoms with Gasteiger partial charge in [-0.25, -0.2) is 0 Å². The van der Waals surface area contributed by atoms with Crippen molar-refractivity contribution >= 4 is 5.69 Å². The van der Waals surface area contributed by atoms with Crippen molar-refractivity contribution in [2.45, 2.75) is 44.2 Å². The maximum absolute atomic E-state index is 10.1. The molecule has 0 aliphatic heterocycles. The van der Waals surface area contributed by atoms with Crippen molar-refractivity contribution in [3.8, 4) is 11.5 Å². The van der Waals surface area contributed by atoms with Gasteiger partial charge in [-0.05, 0) is 25.0 Å². The van der Waals surface area contributed by atoms with Crippen molar-refractivity contribution < 1.29 is 14.6 Å². The smallest absolute Gasteiger partial charge is 0.145 e. The first-order valence-corrected chi connectivity index (χ1v) is 6.91. The average molecular weight is 265 g/mol. The lowest BCUT2D eigenvalue weighted by molar-refractivity contribution is 0.144. The molecule has 2 atom stereocenters. The highest BCUT2D eigenvalue weighted by atomic mass is 16.5. The molecule has 1 aromatic carbocycles. The lowest BCUT2D eigenvalue weighted by atomic mass is 10.1. The monoisotopic (exact) mass is 265 g/mol. The fourth-order valence-electron chi connectivity index (χ4n) is 2.57. The Kier molecular flexibility index (Phi) is 4.91. The summed E-state index contributed by atoms with van der Waals surface area (Å²) in [5.41, 5.74) is 0.911. The van der Waals surface area contributed by atoms with E-state index >= 15 is 0 Å². The minimum absolute atomic E-state index is 0.102. The second-order valence-electron chi connectivity index (χ2n) is 5.02. The summed E-state index contributed by atoms with van der Waals surface area (Å²) in [7, 11) is 3.28. The number of methoxy groups -OCH3 is 2. The molecule has 1 saturated carbocycles. The Morgan fingerprint density at radius 3 is 2.63 bits per heavy atom. The van der Waals surface area contributed by atoms with Crippen LogP contribution in [0.5, 0.6) is 11.5 Å². The van der Waals surface area contributed by atoms with Crippen LogP contribution in [0.15, 0.2) is 18.2 Å². The Morgan fingerprint density at radius 2 is 1.89 bits per heavy atom. The SMILES string of the molecule is COc1ccc(NC2CCCCCC2O)c(OC)c1. The summed E-state index contributed by atoms with van der Waals surface area (Å²) in [5.74, 6) is 1.51. The molecule has 2 N–H and O–H groups in total. The van der Waals surface area contributed by atoms with E-state index in [1.54, 1.807) is 14.2 Å². The molecule has 0 saturated heterocycles. The fraction of sp³-hybridized carbons (Fsp3) is 0.600. The maximum atomic E-state index is 10.1. The van der Waals surface area contributed by atoms with Gasteiger partial charge in [0.2, 0.25) is 0 Å². The zero-order chi connectivity index (χ0) is 13.7. The van der Waals surface area contributed by atoms with Crippen LogP contribution in [-0.4, -0.2) is 31.5 Å². The number of rotatable bonds is 4. The van der Waals surface area contributed by atoms with Crippen LogP contribution in [0.25, 0.3) is 0 Å². The molecule has 19 heavy (non-hydrogen) atoms.